The molecule has 6 rings (SSSR count). The lowest BCUT2D eigenvalue weighted by Gasteiger charge is -2.25. The largest absolute Gasteiger partial charge is 0.487 e. The average molecular weight is 824 g/mol. The number of esters is 1. The van der Waals surface area contributed by atoms with Gasteiger partial charge in [-0.3, -0.25) is 9.36 Å². The van der Waals surface area contributed by atoms with E-state index in [4.69, 9.17) is 14.5 Å². The van der Waals surface area contributed by atoms with Gasteiger partial charge < -0.3 is 9.47 Å². The van der Waals surface area contributed by atoms with Crippen LogP contribution in [-0.2, 0) is 16.1 Å². The zero-order chi connectivity index (χ0) is 30.6. The Morgan fingerprint density at radius 2 is 1.61 bits per heavy atom. The quantitative estimate of drug-likeness (QED) is 0.129. The number of carbonyl (C=O) groups is 1. The Labute approximate surface area is 285 Å². The number of halogens is 2. The van der Waals surface area contributed by atoms with Gasteiger partial charge in [0, 0.05) is 14.7 Å². The fourth-order valence-corrected chi connectivity index (χ4v) is 8.14. The van der Waals surface area contributed by atoms with Gasteiger partial charge in [-0.05, 0) is 81.4 Å². The third-order valence-electron chi connectivity index (χ3n) is 7.04. The molecule has 1 aromatic heterocycles. The predicted molar refractivity (Wildman–Crippen MR) is 190 cm³/mol. The molecule has 2 heterocycles. The van der Waals surface area contributed by atoms with E-state index in [9.17, 15) is 9.59 Å². The SMILES string of the molecule is CCOC(=O)C1=C(c2ccccc2)N=c2s/c(=C\c3cc(I)cc(I)c3OCc3ccccc3)c(=O)n2[C@@H]1c1ccccc1. The van der Waals surface area contributed by atoms with Crippen LogP contribution in [0.3, 0.4) is 0 Å². The molecule has 1 atom stereocenters. The van der Waals surface area contributed by atoms with E-state index in [1.165, 1.54) is 11.3 Å². The van der Waals surface area contributed by atoms with Crippen molar-refractivity contribution in [2.24, 2.45) is 4.99 Å². The second-order valence-corrected chi connectivity index (χ2v) is 13.3. The van der Waals surface area contributed by atoms with Crippen molar-refractivity contribution in [1.82, 2.24) is 4.57 Å². The highest BCUT2D eigenvalue weighted by molar-refractivity contribution is 14.1. The van der Waals surface area contributed by atoms with Crippen LogP contribution in [0.1, 0.15) is 35.2 Å². The molecule has 1 aliphatic rings. The van der Waals surface area contributed by atoms with Gasteiger partial charge in [0.25, 0.3) is 5.56 Å². The smallest absolute Gasteiger partial charge is 0.338 e. The van der Waals surface area contributed by atoms with Crippen molar-refractivity contribution in [3.8, 4) is 5.75 Å². The summed E-state index contributed by atoms with van der Waals surface area (Å²) >= 11 is 5.85. The van der Waals surface area contributed by atoms with Crippen molar-refractivity contribution in [3.63, 3.8) is 0 Å². The summed E-state index contributed by atoms with van der Waals surface area (Å²) in [5.74, 6) is 0.208. The molecule has 0 saturated carbocycles. The molecule has 0 amide bonds. The van der Waals surface area contributed by atoms with Gasteiger partial charge in [-0.2, -0.15) is 0 Å². The van der Waals surface area contributed by atoms with Crippen LogP contribution in [0, 0.1) is 7.14 Å². The summed E-state index contributed by atoms with van der Waals surface area (Å²) in [7, 11) is 0. The van der Waals surface area contributed by atoms with Crippen LogP contribution in [0.15, 0.2) is 118 Å². The van der Waals surface area contributed by atoms with Crippen molar-refractivity contribution in [1.29, 1.82) is 0 Å². The van der Waals surface area contributed by atoms with Crippen LogP contribution in [0.2, 0.25) is 0 Å². The van der Waals surface area contributed by atoms with Gasteiger partial charge >= 0.3 is 5.97 Å². The van der Waals surface area contributed by atoms with E-state index in [2.05, 4.69) is 45.2 Å². The second-order valence-electron chi connectivity index (χ2n) is 9.92. The number of aromatic nitrogens is 1. The van der Waals surface area contributed by atoms with E-state index in [-0.39, 0.29) is 12.2 Å². The Kier molecular flexibility index (Phi) is 9.43. The molecule has 220 valence electrons. The normalized spacial score (nSPS) is 14.6. The molecular weight excluding hydrogens is 798 g/mol. The Balaban J connectivity index is 1.56. The van der Waals surface area contributed by atoms with Crippen molar-refractivity contribution in [2.45, 2.75) is 19.6 Å². The average Bonchev–Trinajstić information content (AvgIpc) is 3.35. The molecule has 6 nitrogen and oxygen atoms in total. The highest BCUT2D eigenvalue weighted by Gasteiger charge is 2.35. The van der Waals surface area contributed by atoms with Crippen LogP contribution in [0.5, 0.6) is 5.75 Å². The zero-order valence-corrected chi connectivity index (χ0v) is 28.7. The molecule has 4 aromatic carbocycles. The van der Waals surface area contributed by atoms with Crippen LogP contribution < -0.4 is 19.6 Å². The first kappa shape index (κ1) is 30.5. The zero-order valence-electron chi connectivity index (χ0n) is 23.6. The number of carbonyl (C=O) groups excluding carboxylic acids is 1. The van der Waals surface area contributed by atoms with E-state index in [0.717, 1.165) is 29.4 Å². The minimum absolute atomic E-state index is 0.202. The van der Waals surface area contributed by atoms with Crippen LogP contribution in [0.25, 0.3) is 11.8 Å². The van der Waals surface area contributed by atoms with Gasteiger partial charge in [0.1, 0.15) is 12.4 Å². The molecule has 0 unspecified atom stereocenters. The lowest BCUT2D eigenvalue weighted by atomic mass is 9.93. The number of benzene rings is 4. The van der Waals surface area contributed by atoms with Crippen molar-refractivity contribution >= 4 is 74.3 Å². The maximum absolute atomic E-state index is 14.3. The van der Waals surface area contributed by atoms with E-state index in [1.54, 1.807) is 11.5 Å². The number of rotatable bonds is 8. The maximum atomic E-state index is 14.3. The Morgan fingerprint density at radius 1 is 0.955 bits per heavy atom. The molecule has 0 spiro atoms. The molecule has 0 radical (unpaired) electrons. The standard InChI is InChI=1S/C35H26I2N2O4S/c1-2-42-34(41)29-30(23-14-8-4-9-15-23)38-35-39(31(29)24-16-10-5-11-17-24)33(40)28(44-35)19-25-18-26(36)20-27(37)32(25)43-21-22-12-6-3-7-13-22/h3-20,31H,2,21H2,1H3/b28-19-/t31-/m1/s1. The number of fused-ring (bicyclic) bond motifs is 1. The van der Waals surface area contributed by atoms with E-state index >= 15 is 0 Å². The molecule has 0 saturated heterocycles. The summed E-state index contributed by atoms with van der Waals surface area (Å²) < 4.78 is 16.0. The number of nitrogens with zero attached hydrogens (tertiary/aromatic N) is 2. The summed E-state index contributed by atoms with van der Waals surface area (Å²) in [5, 5.41) is 0. The Morgan fingerprint density at radius 3 is 2.30 bits per heavy atom. The van der Waals surface area contributed by atoms with Crippen molar-refractivity contribution in [2.75, 3.05) is 6.61 Å². The predicted octanol–water partition coefficient (Wildman–Crippen LogP) is 6.72. The molecule has 0 fully saturated rings. The monoisotopic (exact) mass is 824 g/mol. The number of thiazole rings is 1. The molecule has 0 N–H and O–H groups in total. The lowest BCUT2D eigenvalue weighted by Crippen LogP contribution is -2.40. The minimum Gasteiger partial charge on any atom is -0.487 e. The first-order valence-corrected chi connectivity index (χ1v) is 16.9. The summed E-state index contributed by atoms with van der Waals surface area (Å²) in [6.07, 6.45) is 1.87. The number of hydrogen-bond acceptors (Lipinski definition) is 6. The highest BCUT2D eigenvalue weighted by Crippen LogP contribution is 2.35. The first-order chi connectivity index (χ1) is 21.4. The third kappa shape index (κ3) is 6.31. The summed E-state index contributed by atoms with van der Waals surface area (Å²) in [5.41, 5.74) is 4.02. The van der Waals surface area contributed by atoms with Crippen molar-refractivity contribution in [3.05, 3.63) is 158 Å². The molecule has 44 heavy (non-hydrogen) atoms. The molecule has 9 heteroatoms. The van der Waals surface area contributed by atoms with Gasteiger partial charge in [-0.1, -0.05) is 102 Å². The molecule has 5 aromatic rings. The fourth-order valence-electron chi connectivity index (χ4n) is 5.10. The van der Waals surface area contributed by atoms with Gasteiger partial charge in [-0.15, -0.1) is 0 Å². The Hall–Kier alpha value is -3.55. The summed E-state index contributed by atoms with van der Waals surface area (Å²) in [6.45, 7) is 2.37. The summed E-state index contributed by atoms with van der Waals surface area (Å²) in [6, 6.07) is 32.4. The van der Waals surface area contributed by atoms with Crippen LogP contribution >= 0.6 is 56.5 Å². The van der Waals surface area contributed by atoms with Gasteiger partial charge in [-0.25, -0.2) is 9.79 Å². The minimum atomic E-state index is -0.714. The number of hydrogen-bond donors (Lipinski definition) is 0. The van der Waals surface area contributed by atoms with Crippen LogP contribution in [0.4, 0.5) is 0 Å². The first-order valence-electron chi connectivity index (χ1n) is 13.9. The molecule has 1 aliphatic heterocycles. The summed E-state index contributed by atoms with van der Waals surface area (Å²) in [4.78, 5) is 33.4. The van der Waals surface area contributed by atoms with Gasteiger partial charge in [0.15, 0.2) is 4.80 Å². The number of ether oxygens (including phenoxy) is 2. The van der Waals surface area contributed by atoms with E-state index < -0.39 is 12.0 Å². The van der Waals surface area contributed by atoms with E-state index in [0.29, 0.717) is 33.0 Å². The third-order valence-corrected chi connectivity index (χ3v) is 9.45. The van der Waals surface area contributed by atoms with Gasteiger partial charge in [0.05, 0.1) is 32.0 Å². The van der Waals surface area contributed by atoms with Crippen molar-refractivity contribution < 1.29 is 14.3 Å². The molecule has 0 aliphatic carbocycles. The molecular formula is C35H26I2N2O4S. The maximum Gasteiger partial charge on any atom is 0.338 e. The van der Waals surface area contributed by atoms with E-state index in [1.807, 2.05) is 109 Å². The van der Waals surface area contributed by atoms with Crippen LogP contribution in [-0.4, -0.2) is 17.1 Å². The molecule has 0 bridgehead atoms. The second kappa shape index (κ2) is 13.6. The highest BCUT2D eigenvalue weighted by atomic mass is 127. The Bertz CT molecular complexity index is 2040. The fraction of sp³-hybridized carbons (Fsp3) is 0.114. The lowest BCUT2D eigenvalue weighted by molar-refractivity contribution is -0.138. The van der Waals surface area contributed by atoms with Gasteiger partial charge in [0.2, 0.25) is 0 Å². The topological polar surface area (TPSA) is 69.9 Å².